The Bertz CT molecular complexity index is 746. The van der Waals surface area contributed by atoms with Crippen molar-refractivity contribution in [3.05, 3.63) is 58.6 Å². The molecule has 23 heavy (non-hydrogen) atoms. The number of halogens is 1. The van der Waals surface area contributed by atoms with Crippen LogP contribution >= 0.6 is 15.9 Å². The van der Waals surface area contributed by atoms with E-state index in [1.165, 1.54) is 4.90 Å². The van der Waals surface area contributed by atoms with E-state index in [4.69, 9.17) is 5.73 Å². The van der Waals surface area contributed by atoms with Gasteiger partial charge in [-0.3, -0.25) is 9.59 Å². The first-order chi connectivity index (χ1) is 11.0. The van der Waals surface area contributed by atoms with Crippen molar-refractivity contribution in [2.45, 2.75) is 19.0 Å². The second-order valence-corrected chi connectivity index (χ2v) is 6.34. The Morgan fingerprint density at radius 2 is 1.91 bits per heavy atom. The smallest absolute Gasteiger partial charge is 0.251 e. The quantitative estimate of drug-likeness (QED) is 0.637. The minimum atomic E-state index is -0.507. The Balaban J connectivity index is 1.70. The number of nitrogens with one attached hydrogen (secondary N) is 1. The van der Waals surface area contributed by atoms with Crippen LogP contribution in [0.4, 0.5) is 11.4 Å². The van der Waals surface area contributed by atoms with E-state index in [1.807, 2.05) is 36.4 Å². The molecule has 1 saturated heterocycles. The molecule has 0 spiro atoms. The first kappa shape index (κ1) is 15.7. The molecular weight excluding hydrogens is 358 g/mol. The summed E-state index contributed by atoms with van der Waals surface area (Å²) in [4.78, 5) is 25.9. The first-order valence-electron chi connectivity index (χ1n) is 7.25. The molecule has 6 heteroatoms. The highest BCUT2D eigenvalue weighted by atomic mass is 79.9. The topological polar surface area (TPSA) is 75.4 Å². The van der Waals surface area contributed by atoms with Gasteiger partial charge in [0.05, 0.1) is 18.2 Å². The van der Waals surface area contributed by atoms with Gasteiger partial charge in [-0.1, -0.05) is 28.1 Å². The first-order valence-corrected chi connectivity index (χ1v) is 8.04. The van der Waals surface area contributed by atoms with Gasteiger partial charge in [-0.05, 0) is 42.0 Å². The summed E-state index contributed by atoms with van der Waals surface area (Å²) in [6.07, 6.45) is 0.164. The van der Waals surface area contributed by atoms with Crippen LogP contribution in [0.5, 0.6) is 0 Å². The fourth-order valence-electron chi connectivity index (χ4n) is 2.60. The number of carbonyl (C=O) groups excluding carboxylic acids is 2. The van der Waals surface area contributed by atoms with Gasteiger partial charge < -0.3 is 11.1 Å². The van der Waals surface area contributed by atoms with E-state index < -0.39 is 6.04 Å². The van der Waals surface area contributed by atoms with Crippen LogP contribution in [0, 0.1) is 0 Å². The van der Waals surface area contributed by atoms with Crippen LogP contribution in [-0.2, 0) is 16.1 Å². The van der Waals surface area contributed by atoms with Crippen molar-refractivity contribution in [1.82, 2.24) is 5.32 Å². The molecule has 0 radical (unpaired) electrons. The average molecular weight is 374 g/mol. The van der Waals surface area contributed by atoms with Crippen molar-refractivity contribution >= 4 is 39.1 Å². The van der Waals surface area contributed by atoms with Crippen LogP contribution in [-0.4, -0.2) is 17.9 Å². The molecule has 0 aromatic heterocycles. The van der Waals surface area contributed by atoms with E-state index in [2.05, 4.69) is 21.2 Å². The molecule has 2 aromatic rings. The molecule has 118 valence electrons. The Hall–Kier alpha value is -2.18. The number of anilines is 2. The van der Waals surface area contributed by atoms with Gasteiger partial charge in [0.15, 0.2) is 0 Å². The fraction of sp³-hybridized carbons (Fsp3) is 0.176. The zero-order chi connectivity index (χ0) is 16.4. The number of benzene rings is 2. The number of nitrogen functional groups attached to an aromatic ring is 1. The Morgan fingerprint density at radius 1 is 1.17 bits per heavy atom. The lowest BCUT2D eigenvalue weighted by atomic mass is 10.2. The number of carbonyl (C=O) groups is 2. The summed E-state index contributed by atoms with van der Waals surface area (Å²) in [7, 11) is 0. The van der Waals surface area contributed by atoms with Crippen LogP contribution in [0.3, 0.4) is 0 Å². The monoisotopic (exact) mass is 373 g/mol. The molecule has 2 amide bonds. The Labute approximate surface area is 142 Å². The van der Waals surface area contributed by atoms with Gasteiger partial charge in [-0.2, -0.15) is 0 Å². The van der Waals surface area contributed by atoms with Crippen molar-refractivity contribution < 1.29 is 9.59 Å². The van der Waals surface area contributed by atoms with Gasteiger partial charge in [0, 0.05) is 16.7 Å². The largest absolute Gasteiger partial charge is 0.399 e. The molecule has 3 N–H and O–H groups in total. The summed E-state index contributed by atoms with van der Waals surface area (Å²) < 4.78 is 0.900. The average Bonchev–Trinajstić information content (AvgIpc) is 2.81. The van der Waals surface area contributed by atoms with E-state index in [1.54, 1.807) is 12.1 Å². The lowest BCUT2D eigenvalue weighted by Crippen LogP contribution is -2.38. The number of imide groups is 1. The summed E-state index contributed by atoms with van der Waals surface area (Å²) >= 11 is 3.34. The van der Waals surface area contributed by atoms with E-state index >= 15 is 0 Å². The molecule has 1 aliphatic rings. The lowest BCUT2D eigenvalue weighted by molar-refractivity contribution is -0.121. The van der Waals surface area contributed by atoms with Crippen molar-refractivity contribution in [2.75, 3.05) is 10.6 Å². The van der Waals surface area contributed by atoms with Crippen molar-refractivity contribution in [3.8, 4) is 0 Å². The van der Waals surface area contributed by atoms with Gasteiger partial charge >= 0.3 is 0 Å². The van der Waals surface area contributed by atoms with Crippen LogP contribution in [0.25, 0.3) is 0 Å². The zero-order valence-electron chi connectivity index (χ0n) is 12.3. The minimum Gasteiger partial charge on any atom is -0.399 e. The molecule has 0 saturated carbocycles. The molecule has 0 bridgehead atoms. The standard InChI is InChI=1S/C17H16BrN3O2/c18-12-4-6-14(7-5-12)21-16(22)9-15(17(21)23)20-10-11-2-1-3-13(19)8-11/h1-8,15,20H,9-10,19H2. The third-order valence-corrected chi connectivity index (χ3v) is 4.26. The summed E-state index contributed by atoms with van der Waals surface area (Å²) in [6.45, 7) is 0.489. The highest BCUT2D eigenvalue weighted by Crippen LogP contribution is 2.24. The van der Waals surface area contributed by atoms with E-state index in [-0.39, 0.29) is 18.2 Å². The number of nitrogens with zero attached hydrogens (tertiary/aromatic N) is 1. The van der Waals surface area contributed by atoms with E-state index in [0.717, 1.165) is 10.0 Å². The van der Waals surface area contributed by atoms with Gasteiger partial charge in [0.25, 0.3) is 5.91 Å². The number of amides is 2. The maximum Gasteiger partial charge on any atom is 0.251 e. The van der Waals surface area contributed by atoms with E-state index in [0.29, 0.717) is 17.9 Å². The van der Waals surface area contributed by atoms with Crippen LogP contribution in [0.2, 0.25) is 0 Å². The molecule has 0 aliphatic carbocycles. The summed E-state index contributed by atoms with van der Waals surface area (Å²) in [6, 6.07) is 14.1. The number of hydrogen-bond donors (Lipinski definition) is 2. The van der Waals surface area contributed by atoms with Crippen LogP contribution in [0.1, 0.15) is 12.0 Å². The summed E-state index contributed by atoms with van der Waals surface area (Å²) in [5.41, 5.74) is 7.99. The molecular formula is C17H16BrN3O2. The molecule has 1 fully saturated rings. The molecule has 1 unspecified atom stereocenters. The molecule has 3 rings (SSSR count). The second kappa shape index (κ2) is 6.52. The van der Waals surface area contributed by atoms with Gasteiger partial charge in [0.1, 0.15) is 0 Å². The van der Waals surface area contributed by atoms with Crippen LogP contribution < -0.4 is 16.0 Å². The SMILES string of the molecule is Nc1cccc(CNC2CC(=O)N(c3ccc(Br)cc3)C2=O)c1. The summed E-state index contributed by atoms with van der Waals surface area (Å²) in [5.74, 6) is -0.413. The number of hydrogen-bond acceptors (Lipinski definition) is 4. The second-order valence-electron chi connectivity index (χ2n) is 5.43. The number of rotatable bonds is 4. The van der Waals surface area contributed by atoms with Crippen LogP contribution in [0.15, 0.2) is 53.0 Å². The molecule has 1 heterocycles. The Kier molecular flexibility index (Phi) is 4.45. The van der Waals surface area contributed by atoms with Crippen molar-refractivity contribution in [2.24, 2.45) is 0 Å². The number of nitrogens with two attached hydrogens (primary N) is 1. The zero-order valence-corrected chi connectivity index (χ0v) is 13.9. The lowest BCUT2D eigenvalue weighted by Gasteiger charge is -2.15. The highest BCUT2D eigenvalue weighted by Gasteiger charge is 2.39. The van der Waals surface area contributed by atoms with E-state index in [9.17, 15) is 9.59 Å². The molecule has 1 aliphatic heterocycles. The molecule has 1 atom stereocenters. The van der Waals surface area contributed by atoms with Crippen molar-refractivity contribution in [3.63, 3.8) is 0 Å². The minimum absolute atomic E-state index is 0.164. The van der Waals surface area contributed by atoms with Crippen molar-refractivity contribution in [1.29, 1.82) is 0 Å². The van der Waals surface area contributed by atoms with Gasteiger partial charge in [0.2, 0.25) is 5.91 Å². The van der Waals surface area contributed by atoms with Gasteiger partial charge in [-0.15, -0.1) is 0 Å². The summed E-state index contributed by atoms with van der Waals surface area (Å²) in [5, 5.41) is 3.14. The predicted molar refractivity (Wildman–Crippen MR) is 92.7 cm³/mol. The maximum atomic E-state index is 12.5. The maximum absolute atomic E-state index is 12.5. The molecule has 2 aromatic carbocycles. The normalized spacial score (nSPS) is 17.8. The molecule has 5 nitrogen and oxygen atoms in total. The third kappa shape index (κ3) is 3.43. The highest BCUT2D eigenvalue weighted by molar-refractivity contribution is 9.10. The Morgan fingerprint density at radius 3 is 2.61 bits per heavy atom. The predicted octanol–water partition coefficient (Wildman–Crippen LogP) is 2.45. The third-order valence-electron chi connectivity index (χ3n) is 3.74. The van der Waals surface area contributed by atoms with Gasteiger partial charge in [-0.25, -0.2) is 4.90 Å². The fourth-order valence-corrected chi connectivity index (χ4v) is 2.86.